The molecule has 0 aromatic carbocycles. The lowest BCUT2D eigenvalue weighted by atomic mass is 10.1. The topological polar surface area (TPSA) is 32.5 Å². The summed E-state index contributed by atoms with van der Waals surface area (Å²) in [4.78, 5) is 5.07. The van der Waals surface area contributed by atoms with Crippen LogP contribution in [0.4, 0.5) is 0 Å². The van der Waals surface area contributed by atoms with Crippen LogP contribution in [0.25, 0.3) is 0 Å². The number of nitrogens with zero attached hydrogens (tertiary/aromatic N) is 2. The summed E-state index contributed by atoms with van der Waals surface area (Å²) >= 11 is 0. The van der Waals surface area contributed by atoms with Crippen LogP contribution in [0.1, 0.15) is 25.7 Å². The molecule has 0 bridgehead atoms. The van der Waals surface area contributed by atoms with E-state index in [0.29, 0.717) is 6.04 Å². The maximum atomic E-state index is 5.95. The lowest BCUT2D eigenvalue weighted by molar-refractivity contribution is 0.217. The molecule has 2 fully saturated rings. The first kappa shape index (κ1) is 10.4. The average molecular weight is 197 g/mol. The third kappa shape index (κ3) is 2.47. The monoisotopic (exact) mass is 197 g/mol. The van der Waals surface area contributed by atoms with E-state index in [0.717, 1.165) is 12.6 Å². The maximum absolute atomic E-state index is 5.95. The Labute approximate surface area is 87.2 Å². The number of hydrogen-bond acceptors (Lipinski definition) is 3. The van der Waals surface area contributed by atoms with Gasteiger partial charge in [0.2, 0.25) is 0 Å². The minimum absolute atomic E-state index is 0.441. The van der Waals surface area contributed by atoms with Gasteiger partial charge in [-0.25, -0.2) is 0 Å². The van der Waals surface area contributed by atoms with Crippen molar-refractivity contribution in [1.82, 2.24) is 9.80 Å². The zero-order valence-corrected chi connectivity index (χ0v) is 9.28. The molecule has 2 atom stereocenters. The summed E-state index contributed by atoms with van der Waals surface area (Å²) in [5, 5.41) is 0. The van der Waals surface area contributed by atoms with Crippen molar-refractivity contribution < 1.29 is 0 Å². The predicted molar refractivity (Wildman–Crippen MR) is 59.3 cm³/mol. The molecule has 3 heteroatoms. The molecule has 0 aliphatic carbocycles. The summed E-state index contributed by atoms with van der Waals surface area (Å²) in [6, 6.07) is 1.25. The van der Waals surface area contributed by atoms with Gasteiger partial charge in [-0.2, -0.15) is 0 Å². The van der Waals surface area contributed by atoms with Crippen molar-refractivity contribution in [2.45, 2.75) is 37.8 Å². The second-order valence-electron chi connectivity index (χ2n) is 4.93. The van der Waals surface area contributed by atoms with Crippen molar-refractivity contribution in [3.8, 4) is 0 Å². The van der Waals surface area contributed by atoms with E-state index >= 15 is 0 Å². The highest BCUT2D eigenvalue weighted by Crippen LogP contribution is 2.20. The van der Waals surface area contributed by atoms with Gasteiger partial charge < -0.3 is 10.6 Å². The van der Waals surface area contributed by atoms with Gasteiger partial charge in [0.25, 0.3) is 0 Å². The summed E-state index contributed by atoms with van der Waals surface area (Å²) in [6.45, 7) is 4.90. The van der Waals surface area contributed by atoms with E-state index in [-0.39, 0.29) is 0 Å². The highest BCUT2D eigenvalue weighted by Gasteiger charge is 2.27. The summed E-state index contributed by atoms with van der Waals surface area (Å²) < 4.78 is 0. The third-order valence-electron chi connectivity index (χ3n) is 3.69. The van der Waals surface area contributed by atoms with E-state index in [4.69, 9.17) is 5.73 Å². The van der Waals surface area contributed by atoms with Crippen molar-refractivity contribution in [3.05, 3.63) is 0 Å². The summed E-state index contributed by atoms with van der Waals surface area (Å²) in [5.74, 6) is 0. The van der Waals surface area contributed by atoms with Gasteiger partial charge in [-0.05, 0) is 45.8 Å². The quantitative estimate of drug-likeness (QED) is 0.664. The van der Waals surface area contributed by atoms with Gasteiger partial charge in [-0.1, -0.05) is 0 Å². The molecule has 2 aliphatic rings. The first-order valence-electron chi connectivity index (χ1n) is 5.94. The minimum atomic E-state index is 0.441. The van der Waals surface area contributed by atoms with E-state index in [2.05, 4.69) is 16.8 Å². The second-order valence-corrected chi connectivity index (χ2v) is 4.93. The number of likely N-dealkylation sites (tertiary alicyclic amines) is 2. The highest BCUT2D eigenvalue weighted by molar-refractivity contribution is 4.85. The van der Waals surface area contributed by atoms with Gasteiger partial charge in [0.15, 0.2) is 0 Å². The zero-order chi connectivity index (χ0) is 9.97. The van der Waals surface area contributed by atoms with Crippen LogP contribution in [0.3, 0.4) is 0 Å². The fraction of sp³-hybridized carbons (Fsp3) is 1.00. The fourth-order valence-corrected chi connectivity index (χ4v) is 2.73. The Hall–Kier alpha value is -0.120. The SMILES string of the molecule is CN1CCCC(N2CCC(N)C2)CC1. The van der Waals surface area contributed by atoms with Crippen molar-refractivity contribution in [3.63, 3.8) is 0 Å². The molecule has 82 valence electrons. The van der Waals surface area contributed by atoms with E-state index in [1.54, 1.807) is 0 Å². The van der Waals surface area contributed by atoms with E-state index in [1.807, 2.05) is 0 Å². The van der Waals surface area contributed by atoms with Gasteiger partial charge in [0.05, 0.1) is 0 Å². The smallest absolute Gasteiger partial charge is 0.0180 e. The molecule has 3 nitrogen and oxygen atoms in total. The third-order valence-corrected chi connectivity index (χ3v) is 3.69. The van der Waals surface area contributed by atoms with Crippen LogP contribution in [0.2, 0.25) is 0 Å². The summed E-state index contributed by atoms with van der Waals surface area (Å²) in [5.41, 5.74) is 5.95. The molecule has 2 aliphatic heterocycles. The average Bonchev–Trinajstić information content (AvgIpc) is 2.46. The van der Waals surface area contributed by atoms with Gasteiger partial charge in [0, 0.05) is 25.2 Å². The molecule has 2 N–H and O–H groups in total. The number of rotatable bonds is 1. The molecule has 2 saturated heterocycles. The Morgan fingerprint density at radius 2 is 1.93 bits per heavy atom. The molecule has 2 rings (SSSR count). The van der Waals surface area contributed by atoms with Crippen LogP contribution < -0.4 is 5.73 Å². The summed E-state index contributed by atoms with van der Waals surface area (Å²) in [7, 11) is 2.23. The Bertz CT molecular complexity index is 183. The Morgan fingerprint density at radius 1 is 1.07 bits per heavy atom. The van der Waals surface area contributed by atoms with E-state index in [9.17, 15) is 0 Å². The first-order chi connectivity index (χ1) is 6.75. The van der Waals surface area contributed by atoms with Crippen LogP contribution >= 0.6 is 0 Å². The van der Waals surface area contributed by atoms with Crippen molar-refractivity contribution >= 4 is 0 Å². The Kier molecular flexibility index (Phi) is 3.42. The van der Waals surface area contributed by atoms with Crippen LogP contribution in [-0.2, 0) is 0 Å². The maximum Gasteiger partial charge on any atom is 0.0180 e. The number of hydrogen-bond donors (Lipinski definition) is 1. The van der Waals surface area contributed by atoms with Crippen LogP contribution in [0.15, 0.2) is 0 Å². The summed E-state index contributed by atoms with van der Waals surface area (Å²) in [6.07, 6.45) is 5.26. The molecule has 2 unspecified atom stereocenters. The normalized spacial score (nSPS) is 37.3. The van der Waals surface area contributed by atoms with Gasteiger partial charge in [0.1, 0.15) is 0 Å². The lowest BCUT2D eigenvalue weighted by Gasteiger charge is -2.26. The Balaban J connectivity index is 1.84. The first-order valence-corrected chi connectivity index (χ1v) is 5.94. The predicted octanol–water partition coefficient (Wildman–Crippen LogP) is 0.504. The molecule has 2 heterocycles. The van der Waals surface area contributed by atoms with Crippen LogP contribution in [-0.4, -0.2) is 55.1 Å². The van der Waals surface area contributed by atoms with Crippen molar-refractivity contribution in [2.24, 2.45) is 5.73 Å². The van der Waals surface area contributed by atoms with Gasteiger partial charge in [-0.15, -0.1) is 0 Å². The molecule has 0 saturated carbocycles. The van der Waals surface area contributed by atoms with Crippen LogP contribution in [0, 0.1) is 0 Å². The van der Waals surface area contributed by atoms with Gasteiger partial charge in [-0.3, -0.25) is 4.90 Å². The van der Waals surface area contributed by atoms with Crippen LogP contribution in [0.5, 0.6) is 0 Å². The molecule has 0 spiro atoms. The van der Waals surface area contributed by atoms with E-state index in [1.165, 1.54) is 45.3 Å². The molecular weight excluding hydrogens is 174 g/mol. The zero-order valence-electron chi connectivity index (χ0n) is 9.28. The second kappa shape index (κ2) is 4.60. The highest BCUT2D eigenvalue weighted by atomic mass is 15.2. The largest absolute Gasteiger partial charge is 0.326 e. The van der Waals surface area contributed by atoms with Gasteiger partial charge >= 0.3 is 0 Å². The molecular formula is C11H23N3. The number of nitrogens with two attached hydrogens (primary N) is 1. The Morgan fingerprint density at radius 3 is 2.64 bits per heavy atom. The van der Waals surface area contributed by atoms with Crippen molar-refractivity contribution in [1.29, 1.82) is 0 Å². The fourth-order valence-electron chi connectivity index (χ4n) is 2.73. The minimum Gasteiger partial charge on any atom is -0.326 e. The molecule has 0 aromatic rings. The molecule has 14 heavy (non-hydrogen) atoms. The molecule has 0 amide bonds. The molecule has 0 radical (unpaired) electrons. The van der Waals surface area contributed by atoms with E-state index < -0.39 is 0 Å². The standard InChI is InChI=1S/C11H23N3/c1-13-6-2-3-11(5-7-13)14-8-4-10(12)9-14/h10-11H,2-9,12H2,1H3. The van der Waals surface area contributed by atoms with Crippen molar-refractivity contribution in [2.75, 3.05) is 33.2 Å². The lowest BCUT2D eigenvalue weighted by Crippen LogP contribution is -2.36. The molecule has 0 aromatic heterocycles.